The summed E-state index contributed by atoms with van der Waals surface area (Å²) in [7, 11) is 0. The van der Waals surface area contributed by atoms with Gasteiger partial charge in [0, 0.05) is 22.6 Å². The van der Waals surface area contributed by atoms with E-state index in [9.17, 15) is 4.39 Å². The lowest BCUT2D eigenvalue weighted by Crippen LogP contribution is -2.34. The van der Waals surface area contributed by atoms with Crippen molar-refractivity contribution >= 4 is 15.9 Å². The Balaban J connectivity index is 2.26. The third-order valence-electron chi connectivity index (χ3n) is 3.33. The van der Waals surface area contributed by atoms with Crippen molar-refractivity contribution in [3.8, 4) is 0 Å². The van der Waals surface area contributed by atoms with E-state index in [2.05, 4.69) is 15.9 Å². The Morgan fingerprint density at radius 3 is 2.81 bits per heavy atom. The predicted octanol–water partition coefficient (Wildman–Crippen LogP) is 4.06. The minimum atomic E-state index is -1.32. The molecule has 1 aliphatic rings. The van der Waals surface area contributed by atoms with Crippen LogP contribution < -0.4 is 0 Å². The first kappa shape index (κ1) is 12.1. The first-order valence-corrected chi connectivity index (χ1v) is 6.43. The molecular weight excluding hydrogens is 271 g/mol. The van der Waals surface area contributed by atoms with Gasteiger partial charge in [0.15, 0.2) is 0 Å². The lowest BCUT2D eigenvalue weighted by molar-refractivity contribution is -0.0235. The molecule has 1 saturated heterocycles. The summed E-state index contributed by atoms with van der Waals surface area (Å²) >= 11 is 3.42. The van der Waals surface area contributed by atoms with E-state index in [0.29, 0.717) is 6.61 Å². The summed E-state index contributed by atoms with van der Waals surface area (Å²) in [6, 6.07) is 7.51. The molecule has 0 spiro atoms. The van der Waals surface area contributed by atoms with Crippen LogP contribution in [0.4, 0.5) is 4.39 Å². The second kappa shape index (κ2) is 4.84. The van der Waals surface area contributed by atoms with Crippen LogP contribution in [-0.4, -0.2) is 13.2 Å². The average Bonchev–Trinajstić information content (AvgIpc) is 2.30. The Morgan fingerprint density at radius 2 is 2.19 bits per heavy atom. The molecule has 0 aromatic heterocycles. The average molecular weight is 287 g/mol. The van der Waals surface area contributed by atoms with Gasteiger partial charge >= 0.3 is 0 Å². The summed E-state index contributed by atoms with van der Waals surface area (Å²) in [5.41, 5.74) is -0.592. The fourth-order valence-electron chi connectivity index (χ4n) is 2.25. The molecule has 16 heavy (non-hydrogen) atoms. The fraction of sp³-hybridized carbons (Fsp3) is 0.538. The SMILES string of the molecule is CC(F)(c1ccccc1Br)C1CCCOC1. The molecule has 1 nitrogen and oxygen atoms in total. The Hall–Kier alpha value is -0.410. The van der Waals surface area contributed by atoms with Gasteiger partial charge in [-0.15, -0.1) is 0 Å². The first-order valence-electron chi connectivity index (χ1n) is 5.64. The van der Waals surface area contributed by atoms with E-state index in [1.165, 1.54) is 0 Å². The Bertz CT molecular complexity index is 359. The van der Waals surface area contributed by atoms with Crippen LogP contribution in [0.1, 0.15) is 25.3 Å². The van der Waals surface area contributed by atoms with E-state index in [4.69, 9.17) is 4.74 Å². The van der Waals surface area contributed by atoms with Gasteiger partial charge in [0.2, 0.25) is 0 Å². The summed E-state index contributed by atoms with van der Waals surface area (Å²) in [6.07, 6.45) is 1.85. The van der Waals surface area contributed by atoms with E-state index in [1.807, 2.05) is 24.3 Å². The normalized spacial score (nSPS) is 25.1. The van der Waals surface area contributed by atoms with Crippen molar-refractivity contribution in [3.05, 3.63) is 34.3 Å². The van der Waals surface area contributed by atoms with Crippen molar-refractivity contribution in [2.24, 2.45) is 5.92 Å². The molecule has 88 valence electrons. The van der Waals surface area contributed by atoms with Gasteiger partial charge in [-0.1, -0.05) is 34.1 Å². The molecule has 2 unspecified atom stereocenters. The molecule has 1 aromatic carbocycles. The third-order valence-corrected chi connectivity index (χ3v) is 4.02. The zero-order valence-electron chi connectivity index (χ0n) is 9.38. The fourth-order valence-corrected chi connectivity index (χ4v) is 2.92. The molecule has 0 N–H and O–H groups in total. The molecule has 1 aliphatic heterocycles. The predicted molar refractivity (Wildman–Crippen MR) is 66.1 cm³/mol. The van der Waals surface area contributed by atoms with Gasteiger partial charge in [0.1, 0.15) is 5.67 Å². The molecule has 0 radical (unpaired) electrons. The van der Waals surface area contributed by atoms with Crippen molar-refractivity contribution in [1.82, 2.24) is 0 Å². The van der Waals surface area contributed by atoms with Gasteiger partial charge in [0.25, 0.3) is 0 Å². The van der Waals surface area contributed by atoms with Crippen LogP contribution in [0.15, 0.2) is 28.7 Å². The van der Waals surface area contributed by atoms with Crippen LogP contribution in [0.25, 0.3) is 0 Å². The quantitative estimate of drug-likeness (QED) is 0.797. The zero-order chi connectivity index (χ0) is 11.6. The molecule has 1 aromatic rings. The molecule has 0 amide bonds. The topological polar surface area (TPSA) is 9.23 Å². The zero-order valence-corrected chi connectivity index (χ0v) is 11.0. The molecular formula is C13H16BrFO. The summed E-state index contributed by atoms with van der Waals surface area (Å²) in [5.74, 6) is -0.0417. The summed E-state index contributed by atoms with van der Waals surface area (Å²) in [4.78, 5) is 0. The van der Waals surface area contributed by atoms with Gasteiger partial charge in [-0.2, -0.15) is 0 Å². The maximum absolute atomic E-state index is 14.9. The van der Waals surface area contributed by atoms with Crippen molar-refractivity contribution in [2.45, 2.75) is 25.4 Å². The molecule has 0 bridgehead atoms. The highest BCUT2D eigenvalue weighted by Gasteiger charge is 2.38. The van der Waals surface area contributed by atoms with Crippen LogP contribution >= 0.6 is 15.9 Å². The standard InChI is InChI=1S/C13H16BrFO/c1-13(15,10-5-4-8-16-9-10)11-6-2-3-7-12(11)14/h2-3,6-7,10H,4-5,8-9H2,1H3. The van der Waals surface area contributed by atoms with Crippen LogP contribution in [0.5, 0.6) is 0 Å². The van der Waals surface area contributed by atoms with Crippen molar-refractivity contribution in [2.75, 3.05) is 13.2 Å². The molecule has 1 fully saturated rings. The highest BCUT2D eigenvalue weighted by molar-refractivity contribution is 9.10. The minimum absolute atomic E-state index is 0.0417. The van der Waals surface area contributed by atoms with Crippen molar-refractivity contribution < 1.29 is 9.13 Å². The van der Waals surface area contributed by atoms with Crippen molar-refractivity contribution in [1.29, 1.82) is 0 Å². The molecule has 1 heterocycles. The molecule has 3 heteroatoms. The molecule has 2 atom stereocenters. The number of alkyl halides is 1. The summed E-state index contributed by atoms with van der Waals surface area (Å²) in [6.45, 7) is 2.95. The highest BCUT2D eigenvalue weighted by atomic mass is 79.9. The van der Waals surface area contributed by atoms with Gasteiger partial charge in [-0.25, -0.2) is 4.39 Å². The van der Waals surface area contributed by atoms with Crippen LogP contribution in [0, 0.1) is 5.92 Å². The van der Waals surface area contributed by atoms with Crippen LogP contribution in [0.2, 0.25) is 0 Å². The van der Waals surface area contributed by atoms with E-state index in [1.54, 1.807) is 6.92 Å². The smallest absolute Gasteiger partial charge is 0.139 e. The van der Waals surface area contributed by atoms with E-state index in [0.717, 1.165) is 29.5 Å². The van der Waals surface area contributed by atoms with E-state index < -0.39 is 5.67 Å². The number of benzene rings is 1. The Kier molecular flexibility index (Phi) is 3.65. The second-order valence-corrected chi connectivity index (χ2v) is 5.32. The molecule has 0 aliphatic carbocycles. The van der Waals surface area contributed by atoms with E-state index in [-0.39, 0.29) is 5.92 Å². The molecule has 0 saturated carbocycles. The summed E-state index contributed by atoms with van der Waals surface area (Å²) in [5, 5.41) is 0. The van der Waals surface area contributed by atoms with Crippen LogP contribution in [-0.2, 0) is 10.4 Å². The Labute approximate surface area is 104 Å². The summed E-state index contributed by atoms with van der Waals surface area (Å²) < 4.78 is 21.1. The lowest BCUT2D eigenvalue weighted by Gasteiger charge is -2.34. The largest absolute Gasteiger partial charge is 0.381 e. The number of hydrogen-bond acceptors (Lipinski definition) is 1. The highest BCUT2D eigenvalue weighted by Crippen LogP contribution is 2.41. The van der Waals surface area contributed by atoms with Gasteiger partial charge in [-0.05, 0) is 25.8 Å². The Morgan fingerprint density at radius 1 is 1.44 bits per heavy atom. The number of hydrogen-bond donors (Lipinski definition) is 0. The van der Waals surface area contributed by atoms with Crippen LogP contribution in [0.3, 0.4) is 0 Å². The monoisotopic (exact) mass is 286 g/mol. The van der Waals surface area contributed by atoms with Gasteiger partial charge < -0.3 is 4.74 Å². The first-order chi connectivity index (χ1) is 7.62. The minimum Gasteiger partial charge on any atom is -0.381 e. The second-order valence-electron chi connectivity index (χ2n) is 4.47. The van der Waals surface area contributed by atoms with Gasteiger partial charge in [0.05, 0.1) is 6.61 Å². The maximum Gasteiger partial charge on any atom is 0.139 e. The van der Waals surface area contributed by atoms with Gasteiger partial charge in [-0.3, -0.25) is 0 Å². The lowest BCUT2D eigenvalue weighted by atomic mass is 9.81. The third kappa shape index (κ3) is 2.30. The maximum atomic E-state index is 14.9. The molecule has 2 rings (SSSR count). The number of halogens is 2. The van der Waals surface area contributed by atoms with E-state index >= 15 is 0 Å². The number of rotatable bonds is 2. The van der Waals surface area contributed by atoms with Crippen molar-refractivity contribution in [3.63, 3.8) is 0 Å². The number of ether oxygens (including phenoxy) is 1.